The second kappa shape index (κ2) is 13.1. The lowest BCUT2D eigenvalue weighted by Gasteiger charge is -2.36. The van der Waals surface area contributed by atoms with E-state index in [1.54, 1.807) is 65.9 Å². The van der Waals surface area contributed by atoms with Crippen molar-refractivity contribution in [3.8, 4) is 5.88 Å². The van der Waals surface area contributed by atoms with Gasteiger partial charge >= 0.3 is 6.09 Å². The number of likely N-dealkylation sites (tertiary alicyclic amines) is 1. The van der Waals surface area contributed by atoms with Crippen molar-refractivity contribution in [1.82, 2.24) is 25.2 Å². The van der Waals surface area contributed by atoms with Gasteiger partial charge in [-0.05, 0) is 69.0 Å². The average Bonchev–Trinajstić information content (AvgIpc) is 3.91. The van der Waals surface area contributed by atoms with E-state index in [2.05, 4.69) is 26.9 Å². The van der Waals surface area contributed by atoms with Crippen molar-refractivity contribution in [1.29, 1.82) is 0 Å². The predicted octanol–water partition coefficient (Wildman–Crippen LogP) is 3.85. The normalized spacial score (nSPS) is 24.5. The molecular formula is C34H44ClN5O8S. The Morgan fingerprint density at radius 1 is 1.12 bits per heavy atom. The lowest BCUT2D eigenvalue weighted by Crippen LogP contribution is -2.60. The van der Waals surface area contributed by atoms with E-state index in [-0.39, 0.29) is 25.3 Å². The molecule has 0 radical (unpaired) electrons. The minimum atomic E-state index is -3.89. The van der Waals surface area contributed by atoms with Gasteiger partial charge in [0.05, 0.1) is 11.8 Å². The van der Waals surface area contributed by atoms with Crippen LogP contribution in [0.3, 0.4) is 0 Å². The number of nitrogens with zero attached hydrogens (tertiary/aromatic N) is 2. The maximum atomic E-state index is 14.4. The molecule has 13 nitrogen and oxygen atoms in total. The van der Waals surface area contributed by atoms with Gasteiger partial charge in [0.25, 0.3) is 5.91 Å². The number of fused-ring (bicyclic) bond motifs is 1. The molecule has 0 spiro atoms. The topological polar surface area (TPSA) is 173 Å². The first-order valence-electron chi connectivity index (χ1n) is 16.3. The third kappa shape index (κ3) is 8.12. The van der Waals surface area contributed by atoms with Crippen molar-refractivity contribution >= 4 is 56.2 Å². The van der Waals surface area contributed by atoms with Crippen LogP contribution in [0.2, 0.25) is 5.02 Å². The summed E-state index contributed by atoms with van der Waals surface area (Å²) < 4.78 is 39.2. The molecule has 1 aromatic heterocycles. The maximum absolute atomic E-state index is 14.4. The van der Waals surface area contributed by atoms with Crippen molar-refractivity contribution in [2.75, 3.05) is 6.54 Å². The van der Waals surface area contributed by atoms with Crippen LogP contribution in [0.25, 0.3) is 10.8 Å². The van der Waals surface area contributed by atoms with E-state index >= 15 is 0 Å². The number of nitrogens with one attached hydrogen (secondary N) is 3. The molecule has 2 aliphatic carbocycles. The molecule has 49 heavy (non-hydrogen) atoms. The molecule has 266 valence electrons. The van der Waals surface area contributed by atoms with Gasteiger partial charge in [-0.1, -0.05) is 44.5 Å². The fourth-order valence-corrected chi connectivity index (χ4v) is 7.54. The Morgan fingerprint density at radius 2 is 1.82 bits per heavy atom. The number of benzene rings is 1. The summed E-state index contributed by atoms with van der Waals surface area (Å²) in [4.78, 5) is 60.5. The van der Waals surface area contributed by atoms with Crippen LogP contribution in [-0.4, -0.2) is 83.2 Å². The van der Waals surface area contributed by atoms with Crippen molar-refractivity contribution in [3.63, 3.8) is 0 Å². The SMILES string of the molecule is C=C[C@@H]1C[C@]1(NC(=O)[C@@H]1CC(Oc2nccc3ccc(Cl)cc23)CN1C(=O)[C@@H](NC(=O)OC(C)(C)C)C(C)(C)C)C(=O)NS(=O)(=O)C1CC1. The number of amides is 4. The molecular weight excluding hydrogens is 674 g/mol. The molecule has 1 unspecified atom stereocenters. The Morgan fingerprint density at radius 3 is 2.41 bits per heavy atom. The molecule has 15 heteroatoms. The zero-order valence-corrected chi connectivity index (χ0v) is 30.1. The van der Waals surface area contributed by atoms with E-state index < -0.39 is 79.7 Å². The Labute approximate surface area is 291 Å². The largest absolute Gasteiger partial charge is 0.472 e. The fourth-order valence-electron chi connectivity index (χ4n) is 6.00. The number of sulfonamides is 1. The molecule has 3 N–H and O–H groups in total. The second-order valence-electron chi connectivity index (χ2n) is 15.1. The van der Waals surface area contributed by atoms with Crippen LogP contribution in [-0.2, 0) is 29.1 Å². The average molecular weight is 718 g/mol. The molecule has 2 heterocycles. The lowest BCUT2D eigenvalue weighted by atomic mass is 9.85. The summed E-state index contributed by atoms with van der Waals surface area (Å²) >= 11 is 6.26. The van der Waals surface area contributed by atoms with Gasteiger partial charge < -0.3 is 25.0 Å². The number of carbonyl (C=O) groups excluding carboxylic acids is 4. The first-order valence-corrected chi connectivity index (χ1v) is 18.2. The maximum Gasteiger partial charge on any atom is 0.408 e. The molecule has 5 atom stereocenters. The van der Waals surface area contributed by atoms with E-state index in [9.17, 15) is 27.6 Å². The highest BCUT2D eigenvalue weighted by Crippen LogP contribution is 2.45. The van der Waals surface area contributed by atoms with Gasteiger partial charge in [-0.25, -0.2) is 18.2 Å². The highest BCUT2D eigenvalue weighted by atomic mass is 35.5. The minimum absolute atomic E-state index is 0.0103. The number of pyridine rings is 1. The van der Waals surface area contributed by atoms with Crippen molar-refractivity contribution < 1.29 is 37.1 Å². The number of hydrogen-bond acceptors (Lipinski definition) is 9. The molecule has 1 aromatic carbocycles. The van der Waals surface area contributed by atoms with Crippen molar-refractivity contribution in [3.05, 3.63) is 48.1 Å². The fraction of sp³-hybridized carbons (Fsp3) is 0.559. The molecule has 2 saturated carbocycles. The highest BCUT2D eigenvalue weighted by molar-refractivity contribution is 7.91. The summed E-state index contributed by atoms with van der Waals surface area (Å²) in [6, 6.07) is 4.80. The molecule has 1 aliphatic heterocycles. The van der Waals surface area contributed by atoms with Crippen molar-refractivity contribution in [2.24, 2.45) is 11.3 Å². The Kier molecular flexibility index (Phi) is 9.71. The van der Waals surface area contributed by atoms with Crippen LogP contribution in [0.4, 0.5) is 4.79 Å². The van der Waals surface area contributed by atoms with E-state index in [4.69, 9.17) is 21.1 Å². The lowest BCUT2D eigenvalue weighted by molar-refractivity contribution is -0.143. The summed E-state index contributed by atoms with van der Waals surface area (Å²) in [6.45, 7) is 14.1. The molecule has 2 aromatic rings. The number of ether oxygens (including phenoxy) is 2. The van der Waals surface area contributed by atoms with E-state index in [1.165, 1.54) is 11.0 Å². The van der Waals surface area contributed by atoms with E-state index in [1.807, 2.05) is 6.07 Å². The zero-order chi connectivity index (χ0) is 36.1. The quantitative estimate of drug-likeness (QED) is 0.309. The number of alkyl carbamates (subject to hydrolysis) is 1. The molecule has 3 aliphatic rings. The first kappa shape index (κ1) is 36.4. The molecule has 5 rings (SSSR count). The van der Waals surface area contributed by atoms with Crippen molar-refractivity contribution in [2.45, 2.75) is 102 Å². The van der Waals surface area contributed by atoms with Gasteiger partial charge in [0.15, 0.2) is 0 Å². The van der Waals surface area contributed by atoms with Crippen LogP contribution in [0.5, 0.6) is 5.88 Å². The highest BCUT2D eigenvalue weighted by Gasteiger charge is 2.62. The number of hydrogen-bond donors (Lipinski definition) is 3. The van der Waals surface area contributed by atoms with Gasteiger partial charge in [0.1, 0.15) is 29.3 Å². The van der Waals surface area contributed by atoms with Gasteiger partial charge in [-0.2, -0.15) is 0 Å². The first-order chi connectivity index (χ1) is 22.7. The van der Waals surface area contributed by atoms with E-state index in [0.717, 1.165) is 5.39 Å². The zero-order valence-electron chi connectivity index (χ0n) is 28.5. The third-order valence-corrected chi connectivity index (χ3v) is 10.9. The van der Waals surface area contributed by atoms with Crippen LogP contribution in [0.15, 0.2) is 43.1 Å². The van der Waals surface area contributed by atoms with Crippen LogP contribution in [0, 0.1) is 11.3 Å². The van der Waals surface area contributed by atoms with Crippen LogP contribution < -0.4 is 20.1 Å². The summed E-state index contributed by atoms with van der Waals surface area (Å²) in [7, 11) is -3.89. The molecule has 0 bridgehead atoms. The predicted molar refractivity (Wildman–Crippen MR) is 183 cm³/mol. The van der Waals surface area contributed by atoms with Gasteiger partial charge in [0.2, 0.25) is 27.7 Å². The smallest absolute Gasteiger partial charge is 0.408 e. The summed E-state index contributed by atoms with van der Waals surface area (Å²) in [5, 5.41) is 6.74. The summed E-state index contributed by atoms with van der Waals surface area (Å²) in [5.74, 6) is -2.36. The Balaban J connectivity index is 1.44. The van der Waals surface area contributed by atoms with Crippen LogP contribution in [0.1, 0.15) is 67.2 Å². The summed E-state index contributed by atoms with van der Waals surface area (Å²) in [6.07, 6.45) is 2.60. The molecule has 3 fully saturated rings. The molecule has 4 amide bonds. The van der Waals surface area contributed by atoms with E-state index in [0.29, 0.717) is 23.3 Å². The number of aromatic nitrogens is 1. The minimum Gasteiger partial charge on any atom is -0.472 e. The number of carbonyl (C=O) groups is 4. The number of rotatable bonds is 10. The standard InChI is InChI=1S/C34H44ClN5O8S/c1-8-20-17-34(20,30(43)39-49(45,46)23-11-12-23)38-27(41)25-16-22(47-28-24-15-21(35)10-9-19(24)13-14-36-28)18-40(25)29(42)26(32(2,3)4)37-31(44)48-33(5,6)7/h8-10,13-15,20,22-23,25-26H,1,11-12,16-18H2,2-7H3,(H,37,44)(H,38,41)(H,39,43)/t20-,22?,25+,26-,34-/m1/s1. The monoisotopic (exact) mass is 717 g/mol. The van der Waals surface area contributed by atoms with Crippen LogP contribution >= 0.6 is 11.6 Å². The number of halogens is 1. The summed E-state index contributed by atoms with van der Waals surface area (Å²) in [5.41, 5.74) is -3.20. The van der Waals surface area contributed by atoms with Gasteiger partial charge in [-0.15, -0.1) is 6.58 Å². The molecule has 1 saturated heterocycles. The van der Waals surface area contributed by atoms with Gasteiger partial charge in [-0.3, -0.25) is 19.1 Å². The Hall–Kier alpha value is -3.91. The third-order valence-electron chi connectivity index (χ3n) is 8.84. The van der Waals surface area contributed by atoms with Gasteiger partial charge in [0, 0.05) is 28.9 Å². The second-order valence-corrected chi connectivity index (χ2v) is 17.5. The Bertz CT molecular complexity index is 1780.